The van der Waals surface area contributed by atoms with Gasteiger partial charge in [-0.15, -0.1) is 0 Å². The van der Waals surface area contributed by atoms with Crippen LogP contribution in [0.5, 0.6) is 5.75 Å². The van der Waals surface area contributed by atoms with Gasteiger partial charge >= 0.3 is 10.3 Å². The van der Waals surface area contributed by atoms with E-state index < -0.39 is 16.4 Å². The Hall–Kier alpha value is -1.11. The molecular formula is C18H25NO4S. The molecule has 2 saturated carbocycles. The molecule has 0 aromatic heterocycles. The molecule has 0 heterocycles. The first-order chi connectivity index (χ1) is 11.3. The molecule has 0 unspecified atom stereocenters. The SMILES string of the molecule is C[C@@]12CCC[C@H]1[C@H]1[C@H](CC2)c2ccc(O)cc2C[C@H]1OS(N)(=O)=O. The lowest BCUT2D eigenvalue weighted by atomic mass is 9.55. The molecule has 5 atom stereocenters. The summed E-state index contributed by atoms with van der Waals surface area (Å²) in [6.45, 7) is 2.35. The van der Waals surface area contributed by atoms with Gasteiger partial charge in [-0.2, -0.15) is 8.42 Å². The third-order valence-corrected chi connectivity index (χ3v) is 7.26. The summed E-state index contributed by atoms with van der Waals surface area (Å²) >= 11 is 0. The number of hydrogen-bond acceptors (Lipinski definition) is 4. The van der Waals surface area contributed by atoms with Crippen molar-refractivity contribution in [1.29, 1.82) is 0 Å². The molecule has 0 amide bonds. The molecule has 24 heavy (non-hydrogen) atoms. The topological polar surface area (TPSA) is 89.6 Å². The fraction of sp³-hybridized carbons (Fsp3) is 0.667. The van der Waals surface area contributed by atoms with E-state index in [1.807, 2.05) is 6.07 Å². The summed E-state index contributed by atoms with van der Waals surface area (Å²) in [5.41, 5.74) is 2.53. The first-order valence-corrected chi connectivity index (χ1v) is 10.3. The van der Waals surface area contributed by atoms with Crippen molar-refractivity contribution in [2.75, 3.05) is 0 Å². The van der Waals surface area contributed by atoms with Gasteiger partial charge < -0.3 is 5.11 Å². The van der Waals surface area contributed by atoms with Crippen molar-refractivity contribution in [3.63, 3.8) is 0 Å². The minimum atomic E-state index is -4.00. The van der Waals surface area contributed by atoms with E-state index in [0.717, 1.165) is 18.4 Å². The highest BCUT2D eigenvalue weighted by atomic mass is 32.2. The normalized spacial score (nSPS) is 38.2. The van der Waals surface area contributed by atoms with Crippen LogP contribution in [0.15, 0.2) is 18.2 Å². The molecule has 0 radical (unpaired) electrons. The molecule has 3 aliphatic rings. The second-order valence-corrected chi connectivity index (χ2v) is 9.27. The maximum absolute atomic E-state index is 11.6. The van der Waals surface area contributed by atoms with E-state index in [1.165, 1.54) is 24.8 Å². The third-order valence-electron chi connectivity index (χ3n) is 6.75. The van der Waals surface area contributed by atoms with Gasteiger partial charge in [0.25, 0.3) is 0 Å². The second kappa shape index (κ2) is 5.44. The quantitative estimate of drug-likeness (QED) is 0.857. The van der Waals surface area contributed by atoms with Gasteiger partial charge in [-0.25, -0.2) is 5.14 Å². The molecule has 6 heteroatoms. The van der Waals surface area contributed by atoms with Gasteiger partial charge in [0.1, 0.15) is 5.75 Å². The van der Waals surface area contributed by atoms with Crippen LogP contribution in [0.25, 0.3) is 0 Å². The largest absolute Gasteiger partial charge is 0.508 e. The Balaban J connectivity index is 1.79. The minimum Gasteiger partial charge on any atom is -0.508 e. The van der Waals surface area contributed by atoms with Crippen LogP contribution in [-0.2, 0) is 20.9 Å². The molecule has 0 aliphatic heterocycles. The molecule has 4 rings (SSSR count). The van der Waals surface area contributed by atoms with E-state index in [2.05, 4.69) is 6.92 Å². The molecule has 0 saturated heterocycles. The van der Waals surface area contributed by atoms with Crippen LogP contribution in [0.2, 0.25) is 0 Å². The van der Waals surface area contributed by atoms with E-state index in [0.29, 0.717) is 12.3 Å². The van der Waals surface area contributed by atoms with Gasteiger partial charge in [-0.3, -0.25) is 4.18 Å². The van der Waals surface area contributed by atoms with Gasteiger partial charge in [0.05, 0.1) is 6.10 Å². The average Bonchev–Trinajstić information content (AvgIpc) is 2.86. The summed E-state index contributed by atoms with van der Waals surface area (Å²) < 4.78 is 28.6. The summed E-state index contributed by atoms with van der Waals surface area (Å²) in [7, 11) is -4.00. The fourth-order valence-electron chi connectivity index (χ4n) is 5.82. The fourth-order valence-corrected chi connectivity index (χ4v) is 6.36. The lowest BCUT2D eigenvalue weighted by Gasteiger charge is -2.51. The van der Waals surface area contributed by atoms with Crippen molar-refractivity contribution in [3.05, 3.63) is 29.3 Å². The van der Waals surface area contributed by atoms with Gasteiger partial charge in [0, 0.05) is 6.42 Å². The van der Waals surface area contributed by atoms with E-state index in [1.54, 1.807) is 12.1 Å². The molecule has 3 N–H and O–H groups in total. The summed E-state index contributed by atoms with van der Waals surface area (Å²) in [6, 6.07) is 5.49. The molecule has 0 bridgehead atoms. The molecular weight excluding hydrogens is 326 g/mol. The third kappa shape index (κ3) is 2.65. The molecule has 2 fully saturated rings. The predicted molar refractivity (Wildman–Crippen MR) is 90.7 cm³/mol. The van der Waals surface area contributed by atoms with Gasteiger partial charge in [0.2, 0.25) is 0 Å². The molecule has 5 nitrogen and oxygen atoms in total. The maximum atomic E-state index is 11.6. The standard InChI is InChI=1S/C18H25NO4S/c1-18-7-2-3-15(18)17-14(6-8-18)13-5-4-12(20)9-11(13)10-16(17)23-24(19,21)22/h4-5,9,14-17,20H,2-3,6-8,10H2,1H3,(H2,19,21,22)/t14-,15+,16-,17-,18+/m1/s1. The summed E-state index contributed by atoms with van der Waals surface area (Å²) in [6.07, 6.45) is 5.83. The molecule has 3 aliphatic carbocycles. The van der Waals surface area contributed by atoms with Crippen LogP contribution < -0.4 is 5.14 Å². The van der Waals surface area contributed by atoms with Crippen molar-refractivity contribution >= 4 is 10.3 Å². The molecule has 1 aromatic carbocycles. The number of phenols is 1. The van der Waals surface area contributed by atoms with Crippen molar-refractivity contribution in [1.82, 2.24) is 0 Å². The van der Waals surface area contributed by atoms with Crippen LogP contribution in [0, 0.1) is 17.3 Å². The van der Waals surface area contributed by atoms with Crippen LogP contribution in [0.3, 0.4) is 0 Å². The highest BCUT2D eigenvalue weighted by Gasteiger charge is 2.54. The van der Waals surface area contributed by atoms with Crippen LogP contribution >= 0.6 is 0 Å². The number of benzene rings is 1. The highest BCUT2D eigenvalue weighted by Crippen LogP contribution is 2.61. The van der Waals surface area contributed by atoms with Crippen LogP contribution in [0.4, 0.5) is 0 Å². The lowest BCUT2D eigenvalue weighted by molar-refractivity contribution is -0.0108. The van der Waals surface area contributed by atoms with Crippen LogP contribution in [-0.4, -0.2) is 19.6 Å². The molecule has 132 valence electrons. The minimum absolute atomic E-state index is 0.182. The number of nitrogens with two attached hydrogens (primary N) is 1. The first kappa shape index (κ1) is 16.4. The van der Waals surface area contributed by atoms with E-state index in [4.69, 9.17) is 9.32 Å². The molecule has 0 spiro atoms. The first-order valence-electron chi connectivity index (χ1n) is 8.80. The zero-order valence-electron chi connectivity index (χ0n) is 13.9. The molecule has 1 aromatic rings. The zero-order chi connectivity index (χ0) is 17.1. The van der Waals surface area contributed by atoms with Crippen molar-refractivity contribution in [2.45, 2.75) is 57.5 Å². The number of rotatable bonds is 2. The Kier molecular flexibility index (Phi) is 3.71. The van der Waals surface area contributed by atoms with Crippen molar-refractivity contribution in [2.24, 2.45) is 22.4 Å². The lowest BCUT2D eigenvalue weighted by Crippen LogP contribution is -2.48. The number of fused-ring (bicyclic) bond motifs is 5. The van der Waals surface area contributed by atoms with Gasteiger partial charge in [-0.1, -0.05) is 19.4 Å². The monoisotopic (exact) mass is 351 g/mol. The van der Waals surface area contributed by atoms with Crippen molar-refractivity contribution < 1.29 is 17.7 Å². The maximum Gasteiger partial charge on any atom is 0.333 e. The Morgan fingerprint density at radius 1 is 1.29 bits per heavy atom. The van der Waals surface area contributed by atoms with E-state index in [-0.39, 0.29) is 23.0 Å². The summed E-state index contributed by atoms with van der Waals surface area (Å²) in [4.78, 5) is 0. The summed E-state index contributed by atoms with van der Waals surface area (Å²) in [5.74, 6) is 1.16. The van der Waals surface area contributed by atoms with Gasteiger partial charge in [0.15, 0.2) is 0 Å². The average molecular weight is 351 g/mol. The Labute approximate surface area is 143 Å². The highest BCUT2D eigenvalue weighted by molar-refractivity contribution is 7.84. The van der Waals surface area contributed by atoms with Crippen molar-refractivity contribution in [3.8, 4) is 5.75 Å². The van der Waals surface area contributed by atoms with E-state index >= 15 is 0 Å². The number of hydrogen-bond donors (Lipinski definition) is 2. The second-order valence-electron chi connectivity index (χ2n) is 8.09. The Morgan fingerprint density at radius 3 is 2.83 bits per heavy atom. The van der Waals surface area contributed by atoms with Gasteiger partial charge in [-0.05, 0) is 72.1 Å². The number of aromatic hydroxyl groups is 1. The Bertz CT molecular complexity index is 762. The predicted octanol–water partition coefficient (Wildman–Crippen LogP) is 2.84. The number of phenolic OH excluding ortho intramolecular Hbond substituents is 1. The zero-order valence-corrected chi connectivity index (χ0v) is 14.8. The smallest absolute Gasteiger partial charge is 0.333 e. The Morgan fingerprint density at radius 2 is 2.08 bits per heavy atom. The summed E-state index contributed by atoms with van der Waals surface area (Å²) in [5, 5.41) is 15.0. The van der Waals surface area contributed by atoms with E-state index in [9.17, 15) is 13.5 Å². The van der Waals surface area contributed by atoms with Crippen LogP contribution in [0.1, 0.15) is 56.1 Å².